The highest BCUT2D eigenvalue weighted by molar-refractivity contribution is 6.60. The second kappa shape index (κ2) is 5.57. The maximum absolute atomic E-state index is 10.1. The lowest BCUT2D eigenvalue weighted by Crippen LogP contribution is -2.35. The van der Waals surface area contributed by atoms with Crippen molar-refractivity contribution in [2.24, 2.45) is 5.92 Å². The van der Waals surface area contributed by atoms with Gasteiger partial charge in [0.05, 0.1) is 5.41 Å². The largest absolute Gasteiger partial charge is 0.489 e. The van der Waals surface area contributed by atoms with Crippen molar-refractivity contribution in [2.45, 2.75) is 11.3 Å². The highest BCUT2D eigenvalue weighted by atomic mass is 16.4. The molecule has 0 heterocycles. The molecule has 0 fully saturated rings. The Morgan fingerprint density at radius 3 is 2.29 bits per heavy atom. The van der Waals surface area contributed by atoms with Crippen molar-refractivity contribution >= 4 is 12.6 Å². The van der Waals surface area contributed by atoms with Gasteiger partial charge in [0.15, 0.2) is 0 Å². The topological polar surface area (TPSA) is 40.5 Å². The van der Waals surface area contributed by atoms with Crippen LogP contribution in [0.5, 0.6) is 0 Å². The van der Waals surface area contributed by atoms with Crippen LogP contribution in [-0.4, -0.2) is 17.2 Å². The lowest BCUT2D eigenvalue weighted by atomic mass is 9.65. The second-order valence-corrected chi connectivity index (χ2v) is 7.91. The number of fused-ring (bicyclic) bond motifs is 10. The molecule has 6 rings (SSSR count). The van der Waals surface area contributed by atoms with E-state index in [9.17, 15) is 10.0 Å². The van der Waals surface area contributed by atoms with Crippen molar-refractivity contribution in [3.8, 4) is 11.1 Å². The molecule has 3 aliphatic rings. The summed E-state index contributed by atoms with van der Waals surface area (Å²) in [4.78, 5) is 0. The number of rotatable bonds is 1. The number of hydrogen-bond donors (Lipinski definition) is 2. The Morgan fingerprint density at radius 1 is 0.714 bits per heavy atom. The molecule has 2 nitrogen and oxygen atoms in total. The molecule has 0 saturated heterocycles. The average Bonchev–Trinajstić information content (AvgIpc) is 3.21. The van der Waals surface area contributed by atoms with Crippen molar-refractivity contribution in [3.05, 3.63) is 113 Å². The summed E-state index contributed by atoms with van der Waals surface area (Å²) < 4.78 is 0. The first-order valence-corrected chi connectivity index (χ1v) is 9.78. The smallest absolute Gasteiger partial charge is 0.423 e. The molecular weight excluding hydrogens is 343 g/mol. The zero-order valence-electron chi connectivity index (χ0n) is 15.3. The van der Waals surface area contributed by atoms with Crippen LogP contribution in [0.4, 0.5) is 0 Å². The molecule has 0 amide bonds. The van der Waals surface area contributed by atoms with Crippen LogP contribution in [0.1, 0.15) is 28.2 Å². The average molecular weight is 362 g/mol. The summed E-state index contributed by atoms with van der Waals surface area (Å²) in [6.07, 6.45) is 8.94. The van der Waals surface area contributed by atoms with Gasteiger partial charge in [-0.1, -0.05) is 91.0 Å². The normalized spacial score (nSPS) is 25.4. The highest BCUT2D eigenvalue weighted by Crippen LogP contribution is 2.64. The van der Waals surface area contributed by atoms with Crippen molar-refractivity contribution in [3.63, 3.8) is 0 Å². The Bertz CT molecular complexity index is 1180. The van der Waals surface area contributed by atoms with Crippen molar-refractivity contribution < 1.29 is 10.0 Å². The van der Waals surface area contributed by atoms with E-state index in [0.717, 1.165) is 11.1 Å². The maximum atomic E-state index is 10.1. The lowest BCUT2D eigenvalue weighted by molar-refractivity contribution is 0.425. The van der Waals surface area contributed by atoms with Crippen LogP contribution >= 0.6 is 0 Å². The Hall–Kier alpha value is -2.88. The van der Waals surface area contributed by atoms with Gasteiger partial charge in [0.1, 0.15) is 0 Å². The minimum atomic E-state index is -1.49. The van der Waals surface area contributed by atoms with Crippen LogP contribution in [0.2, 0.25) is 0 Å². The number of allylic oxidation sites excluding steroid dienone is 4. The molecule has 28 heavy (non-hydrogen) atoms. The van der Waals surface area contributed by atoms with Gasteiger partial charge in [-0.15, -0.1) is 0 Å². The van der Waals surface area contributed by atoms with E-state index in [1.54, 1.807) is 0 Å². The monoisotopic (exact) mass is 362 g/mol. The van der Waals surface area contributed by atoms with Gasteiger partial charge in [0.25, 0.3) is 0 Å². The highest BCUT2D eigenvalue weighted by Gasteiger charge is 2.57. The molecule has 0 radical (unpaired) electrons. The molecule has 3 unspecified atom stereocenters. The van der Waals surface area contributed by atoms with Gasteiger partial charge < -0.3 is 10.0 Å². The van der Waals surface area contributed by atoms with Crippen LogP contribution in [0, 0.1) is 5.92 Å². The first kappa shape index (κ1) is 16.1. The molecule has 3 aliphatic carbocycles. The number of hydrogen-bond acceptors (Lipinski definition) is 2. The standard InChI is InChI=1S/C25H19BO2/c27-26(28)23-15-7-14-22-24(23)18-10-3-6-13-21(18)25(22)19-11-4-1-8-16(19)17-9-2-5-12-20(17)25/h1-16,19,27-28H. The predicted octanol–water partition coefficient (Wildman–Crippen LogP) is 3.52. The van der Waals surface area contributed by atoms with Crippen molar-refractivity contribution in [2.75, 3.05) is 0 Å². The van der Waals surface area contributed by atoms with E-state index in [-0.39, 0.29) is 11.3 Å². The maximum Gasteiger partial charge on any atom is 0.489 e. The van der Waals surface area contributed by atoms with Gasteiger partial charge in [0, 0.05) is 11.8 Å². The zero-order valence-corrected chi connectivity index (χ0v) is 15.3. The van der Waals surface area contributed by atoms with E-state index in [2.05, 4.69) is 72.8 Å². The second-order valence-electron chi connectivity index (χ2n) is 7.91. The van der Waals surface area contributed by atoms with Crippen molar-refractivity contribution in [1.82, 2.24) is 0 Å². The molecular formula is C25H19BO2. The molecule has 3 aromatic rings. The Balaban J connectivity index is 1.80. The molecule has 0 bridgehead atoms. The van der Waals surface area contributed by atoms with E-state index in [1.807, 2.05) is 18.2 Å². The Labute approximate surface area is 164 Å². The summed E-state index contributed by atoms with van der Waals surface area (Å²) in [6.45, 7) is 0. The third-order valence-electron chi connectivity index (χ3n) is 6.80. The summed E-state index contributed by atoms with van der Waals surface area (Å²) >= 11 is 0. The first-order valence-electron chi connectivity index (χ1n) is 9.78. The predicted molar refractivity (Wildman–Crippen MR) is 113 cm³/mol. The number of benzene rings is 3. The van der Waals surface area contributed by atoms with Crippen LogP contribution in [0.3, 0.4) is 0 Å². The minimum absolute atomic E-state index is 0.267. The quantitative estimate of drug-likeness (QED) is 0.651. The van der Waals surface area contributed by atoms with Gasteiger partial charge >= 0.3 is 7.12 Å². The fraction of sp³-hybridized carbons (Fsp3) is 0.120. The first-order chi connectivity index (χ1) is 13.7. The van der Waals surface area contributed by atoms with E-state index >= 15 is 0 Å². The SMILES string of the molecule is OB(O)c1cccc2c1-c1ccccc1C21c2ccccc2C2C=CC=CC21. The Morgan fingerprint density at radius 2 is 1.43 bits per heavy atom. The van der Waals surface area contributed by atoms with Crippen LogP contribution in [-0.2, 0) is 5.41 Å². The molecule has 3 aromatic carbocycles. The zero-order chi connectivity index (χ0) is 18.9. The molecule has 134 valence electrons. The summed E-state index contributed by atoms with van der Waals surface area (Å²) in [6, 6.07) is 23.2. The molecule has 3 heteroatoms. The lowest BCUT2D eigenvalue weighted by Gasteiger charge is -2.36. The molecule has 3 atom stereocenters. The minimum Gasteiger partial charge on any atom is -0.423 e. The van der Waals surface area contributed by atoms with Gasteiger partial charge in [-0.25, -0.2) is 0 Å². The Kier molecular flexibility index (Phi) is 3.21. The van der Waals surface area contributed by atoms with E-state index in [0.29, 0.717) is 11.4 Å². The summed E-state index contributed by atoms with van der Waals surface area (Å²) in [5.74, 6) is 0.589. The third-order valence-corrected chi connectivity index (χ3v) is 6.80. The van der Waals surface area contributed by atoms with Gasteiger partial charge in [-0.05, 0) is 38.8 Å². The molecule has 1 spiro atoms. The molecule has 0 aromatic heterocycles. The van der Waals surface area contributed by atoms with E-state index in [1.165, 1.54) is 22.3 Å². The molecule has 0 saturated carbocycles. The summed E-state index contributed by atoms with van der Waals surface area (Å²) in [5.41, 5.74) is 7.50. The summed E-state index contributed by atoms with van der Waals surface area (Å²) in [5, 5.41) is 20.2. The molecule has 2 N–H and O–H groups in total. The summed E-state index contributed by atoms with van der Waals surface area (Å²) in [7, 11) is -1.49. The van der Waals surface area contributed by atoms with Gasteiger partial charge in [-0.2, -0.15) is 0 Å². The van der Waals surface area contributed by atoms with Gasteiger partial charge in [-0.3, -0.25) is 0 Å². The van der Waals surface area contributed by atoms with Crippen LogP contribution in [0.15, 0.2) is 91.0 Å². The van der Waals surface area contributed by atoms with Crippen molar-refractivity contribution in [1.29, 1.82) is 0 Å². The van der Waals surface area contributed by atoms with Gasteiger partial charge in [0.2, 0.25) is 0 Å². The van der Waals surface area contributed by atoms with E-state index in [4.69, 9.17) is 0 Å². The third kappa shape index (κ3) is 1.76. The van der Waals surface area contributed by atoms with E-state index < -0.39 is 7.12 Å². The fourth-order valence-corrected chi connectivity index (χ4v) is 5.90. The molecule has 0 aliphatic heterocycles. The van der Waals surface area contributed by atoms with Crippen LogP contribution < -0.4 is 5.46 Å². The fourth-order valence-electron chi connectivity index (χ4n) is 5.90. The van der Waals surface area contributed by atoms with Crippen LogP contribution in [0.25, 0.3) is 11.1 Å².